The molecule has 0 aromatic heterocycles. The fourth-order valence-corrected chi connectivity index (χ4v) is 10.9. The quantitative estimate of drug-likeness (QED) is 0.0738. The number of carboxylic acid groups (broad SMARTS) is 1. The first-order valence-electron chi connectivity index (χ1n) is 26.3. The van der Waals surface area contributed by atoms with Crippen molar-refractivity contribution in [3.05, 3.63) is 59.7 Å². The molecule has 2 saturated heterocycles. The summed E-state index contributed by atoms with van der Waals surface area (Å²) in [6.45, 7) is 2.02. The van der Waals surface area contributed by atoms with Crippen molar-refractivity contribution in [2.75, 3.05) is 18.1 Å². The summed E-state index contributed by atoms with van der Waals surface area (Å²) < 4.78 is 0. The number of phenolic OH excluding ortho intramolecular Hbond substituents is 2. The molecule has 0 aliphatic carbocycles. The second-order valence-electron chi connectivity index (χ2n) is 19.9. The molecule has 2 aromatic carbocycles. The van der Waals surface area contributed by atoms with Crippen LogP contribution in [0.15, 0.2) is 48.5 Å². The predicted molar refractivity (Wildman–Crippen MR) is 298 cm³/mol. The summed E-state index contributed by atoms with van der Waals surface area (Å²) in [6, 6.07) is -6.37. The van der Waals surface area contributed by atoms with Crippen molar-refractivity contribution in [3.63, 3.8) is 0 Å². The number of nitrogens with one attached hydrogen (secondary N) is 8. The molecule has 2 heterocycles. The molecule has 21 N–H and O–H groups in total. The van der Waals surface area contributed by atoms with Gasteiger partial charge in [0.05, 0.1) is 24.7 Å². The zero-order chi connectivity index (χ0) is 62.5. The Hall–Kier alpha value is -8.27. The van der Waals surface area contributed by atoms with Gasteiger partial charge in [0, 0.05) is 43.7 Å². The number of aliphatic carboxylic acids is 1. The average molecular weight is 1220 g/mol. The van der Waals surface area contributed by atoms with Crippen LogP contribution in [0.3, 0.4) is 0 Å². The van der Waals surface area contributed by atoms with E-state index in [2.05, 4.69) is 42.5 Å². The largest absolute Gasteiger partial charge is 0.508 e. The lowest BCUT2D eigenvalue weighted by atomic mass is 10.0. The monoisotopic (exact) mass is 1220 g/mol. The highest BCUT2D eigenvalue weighted by atomic mass is 33.1. The summed E-state index contributed by atoms with van der Waals surface area (Å²) in [4.78, 5) is 177. The molecule has 0 bridgehead atoms. The van der Waals surface area contributed by atoms with Gasteiger partial charge >= 0.3 is 5.97 Å². The Kier molecular flexibility index (Phi) is 26.4. The summed E-state index contributed by atoms with van der Waals surface area (Å²) in [5.74, 6) is -15.6. The first kappa shape index (κ1) is 68.2. The summed E-state index contributed by atoms with van der Waals surface area (Å²) in [7, 11) is 1.69. The molecule has 12 amide bonds. The highest BCUT2D eigenvalue weighted by Crippen LogP contribution is 2.24. The van der Waals surface area contributed by atoms with E-state index in [0.717, 1.165) is 40.3 Å². The van der Waals surface area contributed by atoms with Gasteiger partial charge in [-0.05, 0) is 74.9 Å². The minimum Gasteiger partial charge on any atom is -0.508 e. The molecule has 0 radical (unpaired) electrons. The van der Waals surface area contributed by atoms with Crippen molar-refractivity contribution in [2.45, 2.75) is 144 Å². The van der Waals surface area contributed by atoms with Gasteiger partial charge in [-0.2, -0.15) is 0 Å². The van der Waals surface area contributed by atoms with E-state index in [1.165, 1.54) is 48.5 Å². The van der Waals surface area contributed by atoms with Crippen LogP contribution in [0.5, 0.6) is 11.5 Å². The molecule has 84 heavy (non-hydrogen) atoms. The number of aromatic hydroxyl groups is 2. The Morgan fingerprint density at radius 1 is 0.548 bits per heavy atom. The van der Waals surface area contributed by atoms with E-state index >= 15 is 0 Å². The minimum absolute atomic E-state index is 0.0492. The van der Waals surface area contributed by atoms with Crippen molar-refractivity contribution in [2.24, 2.45) is 22.9 Å². The number of carboxylic acids is 1. The molecule has 12 atom stereocenters. The van der Waals surface area contributed by atoms with Crippen LogP contribution in [0.1, 0.15) is 69.9 Å². The summed E-state index contributed by atoms with van der Waals surface area (Å²) >= 11 is 0. The lowest BCUT2D eigenvalue weighted by Gasteiger charge is -2.31. The molecule has 2 aliphatic heterocycles. The van der Waals surface area contributed by atoms with Gasteiger partial charge in [-0.1, -0.05) is 45.9 Å². The number of hydrogen-bond donors (Lipinski definition) is 17. The number of rotatable bonds is 15. The van der Waals surface area contributed by atoms with Gasteiger partial charge in [0.25, 0.3) is 0 Å². The van der Waals surface area contributed by atoms with Crippen molar-refractivity contribution < 1.29 is 87.9 Å². The molecule has 0 unspecified atom stereocenters. The molecule has 0 spiro atoms. The number of phenols is 2. The maximum Gasteiger partial charge on any atom is 0.327 e. The molecule has 2 aliphatic rings. The number of nitrogens with two attached hydrogens (primary N) is 4. The second-order valence-corrected chi connectivity index (χ2v) is 22.5. The number of aliphatic hydroxyl groups is 2. The number of carbonyl (C=O) groups is 13. The van der Waals surface area contributed by atoms with Gasteiger partial charge in [-0.15, -0.1) is 0 Å². The lowest BCUT2D eigenvalue weighted by Crippen LogP contribution is -2.63. The lowest BCUT2D eigenvalue weighted by molar-refractivity contribution is -0.144. The topological polar surface area (TPSA) is 527 Å². The van der Waals surface area contributed by atoms with Gasteiger partial charge in [0.1, 0.15) is 65.9 Å². The molecule has 2 fully saturated rings. The van der Waals surface area contributed by atoms with Crippen LogP contribution in [-0.4, -0.2) is 198 Å². The third kappa shape index (κ3) is 21.5. The Labute approximate surface area is 488 Å². The number of nitrogens with zero attached hydrogens (tertiary/aromatic N) is 1. The number of aliphatic hydroxyl groups excluding tert-OH is 2. The zero-order valence-corrected chi connectivity index (χ0v) is 47.3. The molecule has 0 saturated carbocycles. The molecular formula is C51H71N13O18S2. The molecule has 31 nitrogen and oxygen atoms in total. The summed E-state index contributed by atoms with van der Waals surface area (Å²) in [5.41, 5.74) is 23.2. The number of benzene rings is 2. The van der Waals surface area contributed by atoms with E-state index in [1.54, 1.807) is 0 Å². The zero-order valence-electron chi connectivity index (χ0n) is 45.6. The van der Waals surface area contributed by atoms with E-state index in [0.29, 0.717) is 5.56 Å². The molecule has 4 rings (SSSR count). The van der Waals surface area contributed by atoms with E-state index in [4.69, 9.17) is 22.9 Å². The fourth-order valence-electron chi connectivity index (χ4n) is 8.59. The van der Waals surface area contributed by atoms with Crippen molar-refractivity contribution in [3.8, 4) is 11.5 Å². The Morgan fingerprint density at radius 2 is 0.952 bits per heavy atom. The van der Waals surface area contributed by atoms with E-state index in [1.807, 2.05) is 0 Å². The number of fused-ring (bicyclic) bond motifs is 1. The molecule has 2 aromatic rings. The number of carbonyl (C=O) groups excluding carboxylic acids is 12. The number of primary amides is 3. The van der Waals surface area contributed by atoms with Crippen LogP contribution in [0.2, 0.25) is 0 Å². The standard InChI is InChI=1S/C51H71N13O18S2/c1-23(65)40-48(78)59-33(19-26-7-11-28(68)12-8-26)45(75)57-30(13-15-37(53)69)43(73)56-31(14-16-38(54)70)44(74)61-35(51(81)82)22-84-83-21-29(52)42(72)58-32(18-25-5-9-27(67)10-6-25)46(76)60-34(20-39(55)71)50(80)64-17-3-4-36(64)47(77)62-41(24(2)66)49(79)63-40/h5-12,23-24,29-36,40-41,65-68H,3-4,13-22,52H2,1-2H3,(H2,53,69)(H2,54,70)(H2,55,71)(H,56,73)(H,57,75)(H,58,72)(H,59,78)(H,60,76)(H,61,74)(H,62,77)(H,63,79)(H,81,82)/t23-,24-,29+,30+,31+,32+,33+,34+,35+,36+,40+,41+/m1/s1. The number of hydrogen-bond acceptors (Lipinski definition) is 20. The molecule has 33 heteroatoms. The minimum atomic E-state index is -1.98. The molecule has 460 valence electrons. The first-order chi connectivity index (χ1) is 39.5. The van der Waals surface area contributed by atoms with Crippen LogP contribution in [0.25, 0.3) is 0 Å². The Bertz CT molecular complexity index is 2740. The highest BCUT2D eigenvalue weighted by Gasteiger charge is 2.42. The van der Waals surface area contributed by atoms with Gasteiger partial charge in [-0.3, -0.25) is 57.5 Å². The van der Waals surface area contributed by atoms with Gasteiger partial charge in [-0.25, -0.2) is 4.79 Å². The Morgan fingerprint density at radius 3 is 1.40 bits per heavy atom. The van der Waals surface area contributed by atoms with Crippen molar-refractivity contribution in [1.29, 1.82) is 0 Å². The van der Waals surface area contributed by atoms with Gasteiger partial charge in [0.15, 0.2) is 0 Å². The van der Waals surface area contributed by atoms with E-state index < -0.39 is 194 Å². The highest BCUT2D eigenvalue weighted by molar-refractivity contribution is 8.76. The SMILES string of the molecule is C[C@@H](O)[C@@H]1NC(=O)[C@H]([C@@H](C)O)NC(=O)[C@@H]2CCCN2C(=O)[C@H](CC(N)=O)NC(=O)[C@H](Cc2ccc(O)cc2)NC(=O)[C@@H](N)CSSC[C@@H](C(=O)O)NC(=O)[C@H](CCC(N)=O)NC(=O)[C@H](CCC(N)=O)NC(=O)[C@H](Cc2ccc(O)cc2)NC1=O. The smallest absolute Gasteiger partial charge is 0.327 e. The van der Waals surface area contributed by atoms with Gasteiger partial charge < -0.3 is 95.9 Å². The van der Waals surface area contributed by atoms with Crippen molar-refractivity contribution in [1.82, 2.24) is 47.4 Å². The summed E-state index contributed by atoms with van der Waals surface area (Å²) in [6.07, 6.45) is -7.14. The maximum atomic E-state index is 14.3. The average Bonchev–Trinajstić information content (AvgIpc) is 3.46. The second kappa shape index (κ2) is 32.5. The number of amides is 12. The summed E-state index contributed by atoms with van der Waals surface area (Å²) in [5, 5.41) is 70.6. The Balaban J connectivity index is 1.79. The molecular weight excluding hydrogens is 1150 g/mol. The van der Waals surface area contributed by atoms with Crippen LogP contribution in [0, 0.1) is 0 Å². The first-order valence-corrected chi connectivity index (χ1v) is 28.8. The predicted octanol–water partition coefficient (Wildman–Crippen LogP) is -6.27. The van der Waals surface area contributed by atoms with Crippen LogP contribution < -0.4 is 65.5 Å². The maximum absolute atomic E-state index is 14.3. The van der Waals surface area contributed by atoms with Crippen LogP contribution in [0.4, 0.5) is 0 Å². The third-order valence-corrected chi connectivity index (χ3v) is 15.6. The normalized spacial score (nSPS) is 26.1. The van der Waals surface area contributed by atoms with Crippen LogP contribution >= 0.6 is 21.6 Å². The third-order valence-electron chi connectivity index (χ3n) is 13.1. The van der Waals surface area contributed by atoms with Crippen molar-refractivity contribution >= 4 is 98.4 Å². The van der Waals surface area contributed by atoms with E-state index in [9.17, 15) is 87.9 Å². The van der Waals surface area contributed by atoms with Gasteiger partial charge in [0.2, 0.25) is 70.9 Å². The fraction of sp³-hybridized carbons (Fsp3) is 0.510. The van der Waals surface area contributed by atoms with E-state index in [-0.39, 0.29) is 48.6 Å². The van der Waals surface area contributed by atoms with Crippen LogP contribution in [-0.2, 0) is 75.2 Å².